The Labute approximate surface area is 86.1 Å². The quantitative estimate of drug-likeness (QED) is 0.741. The van der Waals surface area contributed by atoms with E-state index in [0.717, 1.165) is 0 Å². The van der Waals surface area contributed by atoms with Crippen molar-refractivity contribution in [1.29, 1.82) is 0 Å². The van der Waals surface area contributed by atoms with E-state index in [-0.39, 0.29) is 16.5 Å². The van der Waals surface area contributed by atoms with E-state index in [9.17, 15) is 5.11 Å². The van der Waals surface area contributed by atoms with Crippen LogP contribution in [0.5, 0.6) is 11.5 Å². The Morgan fingerprint density at radius 3 is 2.69 bits per heavy atom. The minimum atomic E-state index is -0.0839. The number of phenols is 1. The summed E-state index contributed by atoms with van der Waals surface area (Å²) < 4.78 is 4.87. The molecule has 0 saturated carbocycles. The number of benzene rings is 1. The molecule has 1 rings (SSSR count). The molecule has 1 aromatic rings. The van der Waals surface area contributed by atoms with Gasteiger partial charge in [0.25, 0.3) is 0 Å². The zero-order chi connectivity index (χ0) is 10.0. The number of halogens is 1. The van der Waals surface area contributed by atoms with Gasteiger partial charge < -0.3 is 15.6 Å². The first-order valence-corrected chi connectivity index (χ1v) is 4.21. The second-order valence-electron chi connectivity index (χ2n) is 2.37. The largest absolute Gasteiger partial charge is 0.504 e. The van der Waals surface area contributed by atoms with Crippen LogP contribution in [0.25, 0.3) is 0 Å². The van der Waals surface area contributed by atoms with Crippen molar-refractivity contribution in [3.63, 3.8) is 0 Å². The SMILES string of the molecule is COc1cc(Cl)cc(C(N)=S)c1O. The number of nitrogens with two attached hydrogens (primary N) is 1. The summed E-state index contributed by atoms with van der Waals surface area (Å²) >= 11 is 10.5. The fourth-order valence-corrected chi connectivity index (χ4v) is 1.28. The van der Waals surface area contributed by atoms with E-state index in [1.807, 2.05) is 0 Å². The number of methoxy groups -OCH3 is 1. The van der Waals surface area contributed by atoms with E-state index in [1.54, 1.807) is 0 Å². The molecule has 3 N–H and O–H groups in total. The van der Waals surface area contributed by atoms with Crippen molar-refractivity contribution in [2.24, 2.45) is 5.73 Å². The fourth-order valence-electron chi connectivity index (χ4n) is 0.918. The van der Waals surface area contributed by atoms with E-state index in [1.165, 1.54) is 19.2 Å². The topological polar surface area (TPSA) is 55.5 Å². The summed E-state index contributed by atoms with van der Waals surface area (Å²) in [5.41, 5.74) is 5.68. The Kier molecular flexibility index (Phi) is 2.95. The van der Waals surface area contributed by atoms with Gasteiger partial charge in [-0.1, -0.05) is 23.8 Å². The van der Waals surface area contributed by atoms with Crippen LogP contribution >= 0.6 is 23.8 Å². The molecule has 0 aliphatic heterocycles. The van der Waals surface area contributed by atoms with Crippen molar-refractivity contribution >= 4 is 28.8 Å². The summed E-state index contributed by atoms with van der Waals surface area (Å²) in [6.07, 6.45) is 0. The van der Waals surface area contributed by atoms with Crippen LogP contribution < -0.4 is 10.5 Å². The van der Waals surface area contributed by atoms with Gasteiger partial charge in [0.15, 0.2) is 11.5 Å². The Morgan fingerprint density at radius 1 is 1.62 bits per heavy atom. The molecule has 0 spiro atoms. The Balaban J connectivity index is 3.35. The molecular weight excluding hydrogens is 210 g/mol. The molecule has 0 aliphatic carbocycles. The number of phenolic OH excluding ortho intramolecular Hbond substituents is 1. The molecule has 0 atom stereocenters. The van der Waals surface area contributed by atoms with Gasteiger partial charge in [0.1, 0.15) is 4.99 Å². The van der Waals surface area contributed by atoms with Gasteiger partial charge in [-0.2, -0.15) is 0 Å². The highest BCUT2D eigenvalue weighted by atomic mass is 35.5. The van der Waals surface area contributed by atoms with Crippen LogP contribution in [0.15, 0.2) is 12.1 Å². The van der Waals surface area contributed by atoms with Crippen LogP contribution in [0.3, 0.4) is 0 Å². The summed E-state index contributed by atoms with van der Waals surface area (Å²) in [4.78, 5) is 0.0818. The van der Waals surface area contributed by atoms with Crippen LogP contribution in [0, 0.1) is 0 Å². The first kappa shape index (κ1) is 10.1. The van der Waals surface area contributed by atoms with Gasteiger partial charge >= 0.3 is 0 Å². The molecule has 0 fully saturated rings. The molecular formula is C8H8ClNO2S. The van der Waals surface area contributed by atoms with Gasteiger partial charge in [-0.15, -0.1) is 0 Å². The Morgan fingerprint density at radius 2 is 2.23 bits per heavy atom. The minimum Gasteiger partial charge on any atom is -0.504 e. The predicted octanol–water partition coefficient (Wildman–Crippen LogP) is 1.69. The summed E-state index contributed by atoms with van der Waals surface area (Å²) in [7, 11) is 1.43. The molecule has 0 aliphatic rings. The maximum absolute atomic E-state index is 9.53. The predicted molar refractivity (Wildman–Crippen MR) is 55.6 cm³/mol. The molecule has 0 heterocycles. The number of thiocarbonyl (C=S) groups is 1. The van der Waals surface area contributed by atoms with E-state index in [0.29, 0.717) is 10.6 Å². The molecule has 0 amide bonds. The van der Waals surface area contributed by atoms with Crippen molar-refractivity contribution in [2.45, 2.75) is 0 Å². The third kappa shape index (κ3) is 2.02. The van der Waals surface area contributed by atoms with Crippen molar-refractivity contribution in [3.05, 3.63) is 22.7 Å². The number of ether oxygens (including phenoxy) is 1. The van der Waals surface area contributed by atoms with Crippen LogP contribution in [0.1, 0.15) is 5.56 Å². The van der Waals surface area contributed by atoms with Crippen molar-refractivity contribution in [2.75, 3.05) is 7.11 Å². The zero-order valence-corrected chi connectivity index (χ0v) is 8.45. The van der Waals surface area contributed by atoms with Crippen molar-refractivity contribution in [1.82, 2.24) is 0 Å². The van der Waals surface area contributed by atoms with Gasteiger partial charge in [-0.3, -0.25) is 0 Å². The Hall–Kier alpha value is -1.00. The molecule has 3 nitrogen and oxygen atoms in total. The van der Waals surface area contributed by atoms with Gasteiger partial charge in [0, 0.05) is 11.1 Å². The second-order valence-corrected chi connectivity index (χ2v) is 3.24. The summed E-state index contributed by atoms with van der Waals surface area (Å²) in [5.74, 6) is 0.176. The van der Waals surface area contributed by atoms with Crippen LogP contribution in [-0.4, -0.2) is 17.2 Å². The molecule has 13 heavy (non-hydrogen) atoms. The number of aromatic hydroxyl groups is 1. The number of hydrogen-bond acceptors (Lipinski definition) is 3. The first-order chi connectivity index (χ1) is 6.06. The molecule has 0 aromatic heterocycles. The van der Waals surface area contributed by atoms with E-state index < -0.39 is 0 Å². The lowest BCUT2D eigenvalue weighted by Gasteiger charge is -2.08. The lowest BCUT2D eigenvalue weighted by molar-refractivity contribution is 0.373. The highest BCUT2D eigenvalue weighted by molar-refractivity contribution is 7.80. The van der Waals surface area contributed by atoms with E-state index >= 15 is 0 Å². The standard InChI is InChI=1S/C8H8ClNO2S/c1-12-6-3-4(9)2-5(7(6)11)8(10)13/h2-3,11H,1H3,(H2,10,13). The zero-order valence-electron chi connectivity index (χ0n) is 6.87. The highest BCUT2D eigenvalue weighted by Gasteiger charge is 2.11. The highest BCUT2D eigenvalue weighted by Crippen LogP contribution is 2.33. The van der Waals surface area contributed by atoms with E-state index in [2.05, 4.69) is 0 Å². The molecule has 70 valence electrons. The number of rotatable bonds is 2. The maximum atomic E-state index is 9.53. The van der Waals surface area contributed by atoms with Gasteiger partial charge in [0.2, 0.25) is 0 Å². The maximum Gasteiger partial charge on any atom is 0.168 e. The molecule has 0 radical (unpaired) electrons. The lowest BCUT2D eigenvalue weighted by atomic mass is 10.2. The smallest absolute Gasteiger partial charge is 0.168 e. The number of hydrogen-bond donors (Lipinski definition) is 2. The first-order valence-electron chi connectivity index (χ1n) is 3.42. The van der Waals surface area contributed by atoms with Crippen LogP contribution in [0.2, 0.25) is 5.02 Å². The van der Waals surface area contributed by atoms with E-state index in [4.69, 9.17) is 34.3 Å². The summed E-state index contributed by atoms with van der Waals surface area (Å²) in [6.45, 7) is 0. The summed E-state index contributed by atoms with van der Waals surface area (Å²) in [6, 6.07) is 2.97. The molecule has 1 aromatic carbocycles. The Bertz CT molecular complexity index is 354. The van der Waals surface area contributed by atoms with Gasteiger partial charge in [-0.25, -0.2) is 0 Å². The fraction of sp³-hybridized carbons (Fsp3) is 0.125. The van der Waals surface area contributed by atoms with Crippen LogP contribution in [0.4, 0.5) is 0 Å². The van der Waals surface area contributed by atoms with Crippen molar-refractivity contribution in [3.8, 4) is 11.5 Å². The molecule has 5 heteroatoms. The molecule has 0 bridgehead atoms. The average Bonchev–Trinajstić information content (AvgIpc) is 2.08. The monoisotopic (exact) mass is 217 g/mol. The molecule has 0 unspecified atom stereocenters. The minimum absolute atomic E-state index is 0.0818. The normalized spacial score (nSPS) is 9.69. The van der Waals surface area contributed by atoms with Gasteiger partial charge in [0.05, 0.1) is 12.7 Å². The van der Waals surface area contributed by atoms with Crippen LogP contribution in [-0.2, 0) is 0 Å². The average molecular weight is 218 g/mol. The third-order valence-electron chi connectivity index (χ3n) is 1.53. The lowest BCUT2D eigenvalue weighted by Crippen LogP contribution is -2.09. The van der Waals surface area contributed by atoms with Gasteiger partial charge in [-0.05, 0) is 6.07 Å². The summed E-state index contributed by atoms with van der Waals surface area (Å²) in [5, 5.41) is 9.95. The van der Waals surface area contributed by atoms with Crippen molar-refractivity contribution < 1.29 is 9.84 Å². The molecule has 0 saturated heterocycles. The third-order valence-corrected chi connectivity index (χ3v) is 1.96. The second kappa shape index (κ2) is 3.81.